The summed E-state index contributed by atoms with van der Waals surface area (Å²) in [6.45, 7) is 2.41. The van der Waals surface area contributed by atoms with Gasteiger partial charge in [0.15, 0.2) is 0 Å². The van der Waals surface area contributed by atoms with Crippen molar-refractivity contribution in [3.8, 4) is 22.8 Å². The molecule has 0 aliphatic heterocycles. The highest BCUT2D eigenvalue weighted by Gasteiger charge is 2.15. The van der Waals surface area contributed by atoms with Gasteiger partial charge < -0.3 is 19.7 Å². The maximum Gasteiger partial charge on any atom is 0.222 e. The van der Waals surface area contributed by atoms with Crippen LogP contribution in [0, 0.1) is 0 Å². The second-order valence-electron chi connectivity index (χ2n) is 3.53. The molecule has 2 aromatic rings. The normalized spacial score (nSPS) is 10.4. The molecule has 0 radical (unpaired) electrons. The summed E-state index contributed by atoms with van der Waals surface area (Å²) in [6, 6.07) is 5.04. The summed E-state index contributed by atoms with van der Waals surface area (Å²) >= 11 is 6.09. The standard InChI is InChI=1S/C12H13ClN2O3/c1-3-17-10-6-11(16-2)8(13)4-7(10)9-5-12(14)18-15-9/h4-6H,3,14H2,1-2H3. The molecule has 96 valence electrons. The lowest BCUT2D eigenvalue weighted by atomic mass is 10.1. The van der Waals surface area contributed by atoms with E-state index in [1.807, 2.05) is 6.92 Å². The molecule has 18 heavy (non-hydrogen) atoms. The Balaban J connectivity index is 2.54. The SMILES string of the molecule is CCOc1cc(OC)c(Cl)cc1-c1cc(N)on1. The first kappa shape index (κ1) is 12.6. The molecule has 0 saturated heterocycles. The lowest BCUT2D eigenvalue weighted by molar-refractivity contribution is 0.337. The summed E-state index contributed by atoms with van der Waals surface area (Å²) in [5.74, 6) is 1.40. The number of nitrogen functional groups attached to an aromatic ring is 1. The van der Waals surface area contributed by atoms with E-state index in [9.17, 15) is 0 Å². The van der Waals surface area contributed by atoms with Crippen LogP contribution < -0.4 is 15.2 Å². The molecule has 1 heterocycles. The molecule has 1 aromatic carbocycles. The van der Waals surface area contributed by atoms with Crippen molar-refractivity contribution >= 4 is 17.5 Å². The highest BCUT2D eigenvalue weighted by molar-refractivity contribution is 6.32. The third-order valence-electron chi connectivity index (χ3n) is 2.36. The Bertz CT molecular complexity index is 554. The van der Waals surface area contributed by atoms with Crippen LogP contribution in [-0.4, -0.2) is 18.9 Å². The van der Waals surface area contributed by atoms with Gasteiger partial charge in [0.2, 0.25) is 5.88 Å². The molecule has 2 N–H and O–H groups in total. The van der Waals surface area contributed by atoms with E-state index in [1.54, 1.807) is 25.3 Å². The van der Waals surface area contributed by atoms with Crippen molar-refractivity contribution in [1.82, 2.24) is 5.16 Å². The van der Waals surface area contributed by atoms with Gasteiger partial charge in [0, 0.05) is 17.7 Å². The summed E-state index contributed by atoms with van der Waals surface area (Å²) in [6.07, 6.45) is 0. The molecule has 0 atom stereocenters. The van der Waals surface area contributed by atoms with Crippen molar-refractivity contribution in [1.29, 1.82) is 0 Å². The van der Waals surface area contributed by atoms with Crippen molar-refractivity contribution in [2.45, 2.75) is 6.92 Å². The molecule has 0 aliphatic carbocycles. The van der Waals surface area contributed by atoms with Gasteiger partial charge in [-0.25, -0.2) is 0 Å². The zero-order chi connectivity index (χ0) is 13.1. The Kier molecular flexibility index (Phi) is 3.62. The lowest BCUT2D eigenvalue weighted by Crippen LogP contribution is -1.96. The monoisotopic (exact) mass is 268 g/mol. The van der Waals surface area contributed by atoms with Crippen LogP contribution in [0.3, 0.4) is 0 Å². The summed E-state index contributed by atoms with van der Waals surface area (Å²) in [5.41, 5.74) is 6.79. The van der Waals surface area contributed by atoms with Crippen molar-refractivity contribution in [3.05, 3.63) is 23.2 Å². The number of benzene rings is 1. The van der Waals surface area contributed by atoms with Gasteiger partial charge in [0.05, 0.1) is 18.7 Å². The molecule has 0 aliphatic rings. The van der Waals surface area contributed by atoms with Gasteiger partial charge in [0.25, 0.3) is 0 Å². The van der Waals surface area contributed by atoms with Crippen molar-refractivity contribution < 1.29 is 14.0 Å². The van der Waals surface area contributed by atoms with E-state index in [4.69, 9.17) is 31.3 Å². The van der Waals surface area contributed by atoms with E-state index in [1.165, 1.54) is 0 Å². The Morgan fingerprint density at radius 1 is 1.33 bits per heavy atom. The number of methoxy groups -OCH3 is 1. The van der Waals surface area contributed by atoms with Crippen LogP contribution in [0.1, 0.15) is 6.92 Å². The molecule has 0 fully saturated rings. The first-order valence-electron chi connectivity index (χ1n) is 5.38. The van der Waals surface area contributed by atoms with E-state index < -0.39 is 0 Å². The average Bonchev–Trinajstić information content (AvgIpc) is 2.78. The van der Waals surface area contributed by atoms with E-state index in [0.29, 0.717) is 34.4 Å². The minimum atomic E-state index is 0.236. The van der Waals surface area contributed by atoms with Gasteiger partial charge in [-0.3, -0.25) is 0 Å². The highest BCUT2D eigenvalue weighted by Crippen LogP contribution is 2.38. The number of nitrogens with zero attached hydrogens (tertiary/aromatic N) is 1. The smallest absolute Gasteiger partial charge is 0.222 e. The lowest BCUT2D eigenvalue weighted by Gasteiger charge is -2.11. The zero-order valence-corrected chi connectivity index (χ0v) is 10.8. The van der Waals surface area contributed by atoms with E-state index in [2.05, 4.69) is 5.16 Å². The van der Waals surface area contributed by atoms with Crippen LogP contribution in [0.4, 0.5) is 5.88 Å². The molecular formula is C12H13ClN2O3. The maximum absolute atomic E-state index is 6.09. The number of hydrogen-bond donors (Lipinski definition) is 1. The van der Waals surface area contributed by atoms with Gasteiger partial charge in [-0.2, -0.15) is 0 Å². The summed E-state index contributed by atoms with van der Waals surface area (Å²) in [7, 11) is 1.55. The van der Waals surface area contributed by atoms with Gasteiger partial charge in [-0.1, -0.05) is 16.8 Å². The number of halogens is 1. The Hall–Kier alpha value is -1.88. The number of aromatic nitrogens is 1. The topological polar surface area (TPSA) is 70.5 Å². The Labute approximate surface area is 109 Å². The predicted octanol–water partition coefficient (Wildman–Crippen LogP) is 2.98. The van der Waals surface area contributed by atoms with Crippen LogP contribution in [0.15, 0.2) is 22.7 Å². The van der Waals surface area contributed by atoms with E-state index in [-0.39, 0.29) is 5.88 Å². The Morgan fingerprint density at radius 2 is 2.11 bits per heavy atom. The fourth-order valence-corrected chi connectivity index (χ4v) is 1.82. The number of nitrogens with two attached hydrogens (primary N) is 1. The zero-order valence-electron chi connectivity index (χ0n) is 10.1. The fourth-order valence-electron chi connectivity index (χ4n) is 1.58. The molecule has 0 bridgehead atoms. The summed E-state index contributed by atoms with van der Waals surface area (Å²) in [4.78, 5) is 0. The molecule has 0 saturated carbocycles. The molecule has 0 amide bonds. The molecule has 1 aromatic heterocycles. The molecule has 0 unspecified atom stereocenters. The van der Waals surface area contributed by atoms with Crippen LogP contribution in [0.2, 0.25) is 5.02 Å². The highest BCUT2D eigenvalue weighted by atomic mass is 35.5. The van der Waals surface area contributed by atoms with Gasteiger partial charge in [0.1, 0.15) is 17.2 Å². The van der Waals surface area contributed by atoms with Crippen molar-refractivity contribution in [3.63, 3.8) is 0 Å². The van der Waals surface area contributed by atoms with Gasteiger partial charge in [-0.15, -0.1) is 0 Å². The summed E-state index contributed by atoms with van der Waals surface area (Å²) in [5, 5.41) is 4.32. The molecule has 6 heteroatoms. The van der Waals surface area contributed by atoms with Crippen LogP contribution in [0.5, 0.6) is 11.5 Å². The molecule has 2 rings (SSSR count). The molecular weight excluding hydrogens is 256 g/mol. The quantitative estimate of drug-likeness (QED) is 0.923. The van der Waals surface area contributed by atoms with Gasteiger partial charge in [-0.05, 0) is 13.0 Å². The van der Waals surface area contributed by atoms with Gasteiger partial charge >= 0.3 is 0 Å². The van der Waals surface area contributed by atoms with Crippen molar-refractivity contribution in [2.75, 3.05) is 19.5 Å². The number of anilines is 1. The number of hydrogen-bond acceptors (Lipinski definition) is 5. The molecule has 5 nitrogen and oxygen atoms in total. The summed E-state index contributed by atoms with van der Waals surface area (Å²) < 4.78 is 15.5. The van der Waals surface area contributed by atoms with E-state index in [0.717, 1.165) is 0 Å². The average molecular weight is 269 g/mol. The number of ether oxygens (including phenoxy) is 2. The minimum absolute atomic E-state index is 0.236. The maximum atomic E-state index is 6.09. The minimum Gasteiger partial charge on any atom is -0.495 e. The van der Waals surface area contributed by atoms with Crippen LogP contribution in [-0.2, 0) is 0 Å². The fraction of sp³-hybridized carbons (Fsp3) is 0.250. The van der Waals surface area contributed by atoms with Crippen molar-refractivity contribution in [2.24, 2.45) is 0 Å². The predicted molar refractivity (Wildman–Crippen MR) is 69.1 cm³/mol. The third-order valence-corrected chi connectivity index (χ3v) is 2.65. The Morgan fingerprint density at radius 3 is 2.67 bits per heavy atom. The van der Waals surface area contributed by atoms with Crippen LogP contribution in [0.25, 0.3) is 11.3 Å². The third kappa shape index (κ3) is 2.36. The number of rotatable bonds is 4. The van der Waals surface area contributed by atoms with Crippen LogP contribution >= 0.6 is 11.6 Å². The second kappa shape index (κ2) is 5.18. The first-order chi connectivity index (χ1) is 8.65. The second-order valence-corrected chi connectivity index (χ2v) is 3.94. The largest absolute Gasteiger partial charge is 0.495 e. The van der Waals surface area contributed by atoms with E-state index >= 15 is 0 Å². The first-order valence-corrected chi connectivity index (χ1v) is 5.76. The molecule has 0 spiro atoms.